The van der Waals surface area contributed by atoms with Gasteiger partial charge in [0.2, 0.25) is 5.75 Å². The van der Waals surface area contributed by atoms with Crippen LogP contribution in [0.3, 0.4) is 0 Å². The van der Waals surface area contributed by atoms with Gasteiger partial charge in [0.1, 0.15) is 0 Å². The van der Waals surface area contributed by atoms with Crippen LogP contribution in [-0.4, -0.2) is 66.0 Å². The number of ether oxygens (including phenoxy) is 3. The number of nitrogens with zero attached hydrogens (tertiary/aromatic N) is 1. The largest absolute Gasteiger partial charge is 0.493 e. The molecule has 0 radical (unpaired) electrons. The maximum atomic E-state index is 11.7. The molecule has 0 aliphatic carbocycles. The van der Waals surface area contributed by atoms with Crippen LogP contribution in [0.25, 0.3) is 0 Å². The minimum absolute atomic E-state index is 0.152. The summed E-state index contributed by atoms with van der Waals surface area (Å²) in [5.41, 5.74) is 0.998. The molecule has 0 aliphatic heterocycles. The van der Waals surface area contributed by atoms with Gasteiger partial charge in [0, 0.05) is 13.1 Å². The molecule has 0 saturated carbocycles. The standard InChI is InChI=1S/C17H29N3O4/c1-20(2)10-6-8-18-17(21)19-9-7-13-11-14(22-3)16(24-5)15(12-13)23-4/h11-12H,6-10H2,1-5H3,(H2,18,19,21). The van der Waals surface area contributed by atoms with Gasteiger partial charge in [0.15, 0.2) is 11.5 Å². The lowest BCUT2D eigenvalue weighted by Crippen LogP contribution is -2.37. The Hall–Kier alpha value is -2.15. The third-order valence-corrected chi connectivity index (χ3v) is 3.49. The molecule has 0 unspecified atom stereocenters. The van der Waals surface area contributed by atoms with Gasteiger partial charge in [-0.05, 0) is 51.2 Å². The Kier molecular flexibility index (Phi) is 8.78. The van der Waals surface area contributed by atoms with Crippen molar-refractivity contribution in [3.63, 3.8) is 0 Å². The molecule has 1 aromatic rings. The fraction of sp³-hybridized carbons (Fsp3) is 0.588. The summed E-state index contributed by atoms with van der Waals surface area (Å²) in [6, 6.07) is 3.62. The number of methoxy groups -OCH3 is 3. The summed E-state index contributed by atoms with van der Waals surface area (Å²) >= 11 is 0. The van der Waals surface area contributed by atoms with E-state index in [0.29, 0.717) is 36.8 Å². The molecule has 7 nitrogen and oxygen atoms in total. The van der Waals surface area contributed by atoms with Gasteiger partial charge in [-0.3, -0.25) is 0 Å². The van der Waals surface area contributed by atoms with E-state index in [2.05, 4.69) is 15.5 Å². The summed E-state index contributed by atoms with van der Waals surface area (Å²) in [5, 5.41) is 5.69. The molecule has 2 amide bonds. The Balaban J connectivity index is 2.45. The van der Waals surface area contributed by atoms with E-state index in [1.807, 2.05) is 26.2 Å². The second kappa shape index (κ2) is 10.6. The predicted molar refractivity (Wildman–Crippen MR) is 94.4 cm³/mol. The van der Waals surface area contributed by atoms with E-state index in [9.17, 15) is 4.79 Å². The van der Waals surface area contributed by atoms with E-state index in [1.165, 1.54) is 0 Å². The molecule has 1 aromatic carbocycles. The number of urea groups is 1. The molecule has 0 bridgehead atoms. The van der Waals surface area contributed by atoms with Crippen molar-refractivity contribution in [1.82, 2.24) is 15.5 Å². The normalized spacial score (nSPS) is 10.4. The van der Waals surface area contributed by atoms with Crippen molar-refractivity contribution in [2.75, 3.05) is 55.1 Å². The molecule has 136 valence electrons. The van der Waals surface area contributed by atoms with E-state index in [1.54, 1.807) is 21.3 Å². The first-order valence-electron chi connectivity index (χ1n) is 7.97. The maximum absolute atomic E-state index is 11.7. The van der Waals surface area contributed by atoms with Crippen LogP contribution < -0.4 is 24.8 Å². The van der Waals surface area contributed by atoms with Crippen molar-refractivity contribution in [2.45, 2.75) is 12.8 Å². The molecule has 2 N–H and O–H groups in total. The van der Waals surface area contributed by atoms with Crippen LogP contribution in [0, 0.1) is 0 Å². The number of amides is 2. The molecule has 7 heteroatoms. The third kappa shape index (κ3) is 6.54. The second-order valence-electron chi connectivity index (χ2n) is 5.62. The summed E-state index contributed by atoms with van der Waals surface area (Å²) in [5.74, 6) is 1.79. The van der Waals surface area contributed by atoms with E-state index in [4.69, 9.17) is 14.2 Å². The van der Waals surface area contributed by atoms with Crippen molar-refractivity contribution in [2.24, 2.45) is 0 Å². The van der Waals surface area contributed by atoms with E-state index >= 15 is 0 Å². The van der Waals surface area contributed by atoms with Crippen molar-refractivity contribution in [1.29, 1.82) is 0 Å². The Morgan fingerprint density at radius 3 is 2.08 bits per heavy atom. The average Bonchev–Trinajstić information content (AvgIpc) is 2.57. The summed E-state index contributed by atoms with van der Waals surface area (Å²) in [4.78, 5) is 13.8. The molecule has 24 heavy (non-hydrogen) atoms. The molecule has 0 heterocycles. The number of benzene rings is 1. The van der Waals surface area contributed by atoms with Crippen molar-refractivity contribution < 1.29 is 19.0 Å². The molecular weight excluding hydrogens is 310 g/mol. The van der Waals surface area contributed by atoms with Gasteiger partial charge in [-0.1, -0.05) is 0 Å². The van der Waals surface area contributed by atoms with Crippen LogP contribution in [-0.2, 0) is 6.42 Å². The highest BCUT2D eigenvalue weighted by molar-refractivity contribution is 5.73. The molecule has 0 aliphatic rings. The molecule has 0 atom stereocenters. The highest BCUT2D eigenvalue weighted by atomic mass is 16.5. The number of hydrogen-bond donors (Lipinski definition) is 2. The minimum Gasteiger partial charge on any atom is -0.493 e. The Bertz CT molecular complexity index is 496. The van der Waals surface area contributed by atoms with Crippen LogP contribution in [0.1, 0.15) is 12.0 Å². The fourth-order valence-corrected chi connectivity index (χ4v) is 2.26. The van der Waals surface area contributed by atoms with Crippen LogP contribution in [0.5, 0.6) is 17.2 Å². The number of nitrogens with one attached hydrogen (secondary N) is 2. The first-order chi connectivity index (χ1) is 11.5. The van der Waals surface area contributed by atoms with E-state index < -0.39 is 0 Å². The lowest BCUT2D eigenvalue weighted by Gasteiger charge is -2.14. The number of hydrogen-bond acceptors (Lipinski definition) is 5. The molecule has 0 fully saturated rings. The summed E-state index contributed by atoms with van der Waals surface area (Å²) < 4.78 is 15.9. The monoisotopic (exact) mass is 339 g/mol. The summed E-state index contributed by atoms with van der Waals surface area (Å²) in [6.45, 7) is 2.14. The van der Waals surface area contributed by atoms with Crippen molar-refractivity contribution >= 4 is 6.03 Å². The highest BCUT2D eigenvalue weighted by Crippen LogP contribution is 2.38. The first kappa shape index (κ1) is 19.9. The Morgan fingerprint density at radius 2 is 1.58 bits per heavy atom. The quantitative estimate of drug-likeness (QED) is 0.632. The maximum Gasteiger partial charge on any atom is 0.314 e. The Morgan fingerprint density at radius 1 is 1.00 bits per heavy atom. The zero-order valence-corrected chi connectivity index (χ0v) is 15.3. The topological polar surface area (TPSA) is 72.1 Å². The Labute approximate surface area is 144 Å². The van der Waals surface area contributed by atoms with Gasteiger partial charge < -0.3 is 29.7 Å². The summed E-state index contributed by atoms with van der Waals surface area (Å²) in [6.07, 6.45) is 1.59. The molecular formula is C17H29N3O4. The van der Waals surface area contributed by atoms with Crippen molar-refractivity contribution in [3.05, 3.63) is 17.7 Å². The lowest BCUT2D eigenvalue weighted by molar-refractivity contribution is 0.240. The molecule has 0 aromatic heterocycles. The lowest BCUT2D eigenvalue weighted by atomic mass is 10.1. The average molecular weight is 339 g/mol. The highest BCUT2D eigenvalue weighted by Gasteiger charge is 2.13. The second-order valence-corrected chi connectivity index (χ2v) is 5.62. The van der Waals surface area contributed by atoms with E-state index in [0.717, 1.165) is 18.5 Å². The van der Waals surface area contributed by atoms with Gasteiger partial charge >= 0.3 is 6.03 Å². The first-order valence-corrected chi connectivity index (χ1v) is 7.97. The van der Waals surface area contributed by atoms with Gasteiger partial charge in [0.25, 0.3) is 0 Å². The van der Waals surface area contributed by atoms with Gasteiger partial charge in [0.05, 0.1) is 21.3 Å². The summed E-state index contributed by atoms with van der Waals surface area (Å²) in [7, 11) is 8.76. The number of rotatable bonds is 10. The third-order valence-electron chi connectivity index (χ3n) is 3.49. The molecule has 0 spiro atoms. The molecule has 0 saturated heterocycles. The van der Waals surface area contributed by atoms with E-state index in [-0.39, 0.29) is 6.03 Å². The van der Waals surface area contributed by atoms with Gasteiger partial charge in [-0.25, -0.2) is 4.79 Å². The van der Waals surface area contributed by atoms with Gasteiger partial charge in [-0.2, -0.15) is 0 Å². The predicted octanol–water partition coefficient (Wildman–Crippen LogP) is 1.51. The van der Waals surface area contributed by atoms with Crippen LogP contribution in [0.4, 0.5) is 4.79 Å². The van der Waals surface area contributed by atoms with Crippen LogP contribution in [0.15, 0.2) is 12.1 Å². The SMILES string of the molecule is COc1cc(CCNC(=O)NCCCN(C)C)cc(OC)c1OC. The zero-order chi connectivity index (χ0) is 17.9. The minimum atomic E-state index is -0.152. The fourth-order valence-electron chi connectivity index (χ4n) is 2.26. The number of carbonyl (C=O) groups is 1. The zero-order valence-electron chi connectivity index (χ0n) is 15.3. The van der Waals surface area contributed by atoms with Crippen LogP contribution >= 0.6 is 0 Å². The van der Waals surface area contributed by atoms with Gasteiger partial charge in [-0.15, -0.1) is 0 Å². The van der Waals surface area contributed by atoms with Crippen LogP contribution in [0.2, 0.25) is 0 Å². The van der Waals surface area contributed by atoms with Crippen molar-refractivity contribution in [3.8, 4) is 17.2 Å². The number of carbonyl (C=O) groups excluding carboxylic acids is 1. The smallest absolute Gasteiger partial charge is 0.314 e. The molecule has 1 rings (SSSR count).